The molecule has 20 heavy (non-hydrogen) atoms. The molecule has 0 saturated heterocycles. The van der Waals surface area contributed by atoms with Gasteiger partial charge in [-0.3, -0.25) is 4.98 Å². The van der Waals surface area contributed by atoms with Crippen LogP contribution in [0.5, 0.6) is 0 Å². The Kier molecular flexibility index (Phi) is 4.29. The molecule has 1 unspecified atom stereocenters. The van der Waals surface area contributed by atoms with E-state index in [1.165, 1.54) is 11.1 Å². The molecule has 2 aromatic heterocycles. The molecule has 3 nitrogen and oxygen atoms in total. The first kappa shape index (κ1) is 14.8. The highest BCUT2D eigenvalue weighted by Gasteiger charge is 2.14. The molecule has 0 bridgehead atoms. The maximum Gasteiger partial charge on any atom is 0.152 e. The van der Waals surface area contributed by atoms with Crippen molar-refractivity contribution in [1.82, 2.24) is 9.97 Å². The summed E-state index contributed by atoms with van der Waals surface area (Å²) < 4.78 is 0. The molecule has 106 valence electrons. The van der Waals surface area contributed by atoms with Crippen LogP contribution in [0.2, 0.25) is 5.15 Å². The first-order chi connectivity index (χ1) is 9.38. The van der Waals surface area contributed by atoms with Gasteiger partial charge in [0.25, 0.3) is 0 Å². The lowest BCUT2D eigenvalue weighted by molar-refractivity contribution is 0.841. The summed E-state index contributed by atoms with van der Waals surface area (Å²) in [6.45, 7) is 10.3. The minimum absolute atomic E-state index is 0.129. The quantitative estimate of drug-likeness (QED) is 0.843. The molecule has 0 aliphatic rings. The maximum atomic E-state index is 6.14. The monoisotopic (exact) mass is 289 g/mol. The molecule has 0 amide bonds. The van der Waals surface area contributed by atoms with Gasteiger partial charge in [0.1, 0.15) is 0 Å². The van der Waals surface area contributed by atoms with Crippen molar-refractivity contribution in [2.24, 2.45) is 0 Å². The van der Waals surface area contributed by atoms with Crippen molar-refractivity contribution in [2.75, 3.05) is 5.32 Å². The van der Waals surface area contributed by atoms with Crippen LogP contribution >= 0.6 is 11.6 Å². The van der Waals surface area contributed by atoms with E-state index < -0.39 is 0 Å². The van der Waals surface area contributed by atoms with Gasteiger partial charge in [0, 0.05) is 17.6 Å². The fraction of sp³-hybridized carbons (Fsp3) is 0.375. The van der Waals surface area contributed by atoms with Crippen LogP contribution in [0.3, 0.4) is 0 Å². The molecule has 0 aliphatic heterocycles. The van der Waals surface area contributed by atoms with Crippen molar-refractivity contribution in [3.63, 3.8) is 0 Å². The number of aromatic nitrogens is 2. The van der Waals surface area contributed by atoms with Gasteiger partial charge in [0.05, 0.1) is 11.7 Å². The molecule has 0 aliphatic carbocycles. The van der Waals surface area contributed by atoms with Crippen LogP contribution in [0.4, 0.5) is 5.69 Å². The van der Waals surface area contributed by atoms with Crippen molar-refractivity contribution < 1.29 is 0 Å². The van der Waals surface area contributed by atoms with Crippen LogP contribution < -0.4 is 5.32 Å². The summed E-state index contributed by atoms with van der Waals surface area (Å²) in [5, 5.41) is 3.93. The molecule has 1 atom stereocenters. The zero-order valence-electron chi connectivity index (χ0n) is 12.6. The van der Waals surface area contributed by atoms with E-state index in [2.05, 4.69) is 35.2 Å². The average molecular weight is 290 g/mol. The van der Waals surface area contributed by atoms with E-state index in [-0.39, 0.29) is 6.04 Å². The van der Waals surface area contributed by atoms with E-state index in [4.69, 9.17) is 11.6 Å². The molecular weight excluding hydrogens is 270 g/mol. The number of nitrogens with one attached hydrogen (secondary N) is 1. The van der Waals surface area contributed by atoms with Crippen LogP contribution in [-0.2, 0) is 0 Å². The molecule has 2 rings (SSSR count). The summed E-state index contributed by atoms with van der Waals surface area (Å²) in [7, 11) is 0. The predicted octanol–water partition coefficient (Wildman–Crippen LogP) is 4.54. The highest BCUT2D eigenvalue weighted by atomic mass is 35.5. The molecule has 1 N–H and O–H groups in total. The Bertz CT molecular complexity index is 615. The SMILES string of the molecule is Cc1cnc(Cl)c(NC(C)c2c(C)cc(C)nc2C)c1. The minimum Gasteiger partial charge on any atom is -0.376 e. The van der Waals surface area contributed by atoms with Crippen molar-refractivity contribution in [1.29, 1.82) is 0 Å². The third kappa shape index (κ3) is 3.10. The summed E-state index contributed by atoms with van der Waals surface area (Å²) in [5.74, 6) is 0. The number of nitrogens with zero attached hydrogens (tertiary/aromatic N) is 2. The fourth-order valence-electron chi connectivity index (χ4n) is 2.65. The van der Waals surface area contributed by atoms with E-state index in [0.29, 0.717) is 5.15 Å². The van der Waals surface area contributed by atoms with Gasteiger partial charge in [0.15, 0.2) is 5.15 Å². The van der Waals surface area contributed by atoms with E-state index in [0.717, 1.165) is 22.6 Å². The molecule has 0 aromatic carbocycles. The Morgan fingerprint density at radius 2 is 1.85 bits per heavy atom. The van der Waals surface area contributed by atoms with Crippen LogP contribution in [0.25, 0.3) is 0 Å². The Balaban J connectivity index is 2.33. The fourth-order valence-corrected chi connectivity index (χ4v) is 2.81. The predicted molar refractivity (Wildman–Crippen MR) is 84.5 cm³/mol. The van der Waals surface area contributed by atoms with Gasteiger partial charge in [-0.2, -0.15) is 0 Å². The van der Waals surface area contributed by atoms with Crippen LogP contribution in [-0.4, -0.2) is 9.97 Å². The Morgan fingerprint density at radius 3 is 2.50 bits per heavy atom. The highest BCUT2D eigenvalue weighted by Crippen LogP contribution is 2.28. The molecule has 0 radical (unpaired) electrons. The summed E-state index contributed by atoms with van der Waals surface area (Å²) in [5.41, 5.74) is 6.50. The number of anilines is 1. The van der Waals surface area contributed by atoms with Crippen LogP contribution in [0.15, 0.2) is 18.3 Å². The van der Waals surface area contributed by atoms with E-state index >= 15 is 0 Å². The number of hydrogen-bond donors (Lipinski definition) is 1. The summed E-state index contributed by atoms with van der Waals surface area (Å²) in [4.78, 5) is 8.72. The average Bonchev–Trinajstić information content (AvgIpc) is 2.32. The molecule has 2 heterocycles. The second-order valence-corrected chi connectivity index (χ2v) is 5.65. The second kappa shape index (κ2) is 5.80. The van der Waals surface area contributed by atoms with Crippen molar-refractivity contribution in [3.05, 3.63) is 51.6 Å². The molecule has 4 heteroatoms. The summed E-state index contributed by atoms with van der Waals surface area (Å²) >= 11 is 6.14. The molecule has 0 fully saturated rings. The summed E-state index contributed by atoms with van der Waals surface area (Å²) in [6, 6.07) is 4.25. The number of halogens is 1. The Morgan fingerprint density at radius 1 is 1.15 bits per heavy atom. The standard InChI is InChI=1S/C16H20ClN3/c1-9-6-14(16(17)18-8-9)20-13(5)15-10(2)7-11(3)19-12(15)4/h6-8,13,20H,1-5H3. The lowest BCUT2D eigenvalue weighted by Crippen LogP contribution is -2.12. The third-order valence-corrected chi connectivity index (χ3v) is 3.67. The van der Waals surface area contributed by atoms with E-state index in [9.17, 15) is 0 Å². The number of aryl methyl sites for hydroxylation is 4. The van der Waals surface area contributed by atoms with Gasteiger partial charge in [-0.1, -0.05) is 11.6 Å². The topological polar surface area (TPSA) is 37.8 Å². The zero-order chi connectivity index (χ0) is 14.9. The van der Waals surface area contributed by atoms with Crippen molar-refractivity contribution >= 4 is 17.3 Å². The van der Waals surface area contributed by atoms with Crippen LogP contribution in [0, 0.1) is 27.7 Å². The first-order valence-corrected chi connectivity index (χ1v) is 7.09. The third-order valence-electron chi connectivity index (χ3n) is 3.36. The Hall–Kier alpha value is -1.61. The van der Waals surface area contributed by atoms with E-state index in [1.54, 1.807) is 6.20 Å². The molecular formula is C16H20ClN3. The van der Waals surface area contributed by atoms with E-state index in [1.807, 2.05) is 26.8 Å². The number of pyridine rings is 2. The van der Waals surface area contributed by atoms with Crippen molar-refractivity contribution in [2.45, 2.75) is 40.7 Å². The molecule has 2 aromatic rings. The summed E-state index contributed by atoms with van der Waals surface area (Å²) in [6.07, 6.45) is 1.77. The smallest absolute Gasteiger partial charge is 0.152 e. The molecule has 0 spiro atoms. The van der Waals surface area contributed by atoms with Gasteiger partial charge in [-0.25, -0.2) is 4.98 Å². The first-order valence-electron chi connectivity index (χ1n) is 6.72. The minimum atomic E-state index is 0.129. The lowest BCUT2D eigenvalue weighted by atomic mass is 10.00. The van der Waals surface area contributed by atoms with Crippen LogP contribution in [0.1, 0.15) is 41.0 Å². The lowest BCUT2D eigenvalue weighted by Gasteiger charge is -2.20. The second-order valence-electron chi connectivity index (χ2n) is 5.30. The maximum absolute atomic E-state index is 6.14. The normalized spacial score (nSPS) is 12.3. The largest absolute Gasteiger partial charge is 0.376 e. The van der Waals surface area contributed by atoms with Gasteiger partial charge < -0.3 is 5.32 Å². The zero-order valence-corrected chi connectivity index (χ0v) is 13.3. The number of rotatable bonds is 3. The van der Waals surface area contributed by atoms with Gasteiger partial charge >= 0.3 is 0 Å². The number of hydrogen-bond acceptors (Lipinski definition) is 3. The highest BCUT2D eigenvalue weighted by molar-refractivity contribution is 6.32. The molecule has 0 saturated carbocycles. The van der Waals surface area contributed by atoms with Crippen molar-refractivity contribution in [3.8, 4) is 0 Å². The Labute approximate surface area is 125 Å². The van der Waals surface area contributed by atoms with Gasteiger partial charge in [0.2, 0.25) is 0 Å². The van der Waals surface area contributed by atoms with Gasteiger partial charge in [-0.15, -0.1) is 0 Å². The van der Waals surface area contributed by atoms with Gasteiger partial charge in [-0.05, 0) is 63.4 Å².